The van der Waals surface area contributed by atoms with Gasteiger partial charge in [0.15, 0.2) is 11.5 Å². The van der Waals surface area contributed by atoms with Crippen molar-refractivity contribution in [3.05, 3.63) is 23.3 Å². The largest absolute Gasteiger partial charge is 0.504 e. The first-order valence-electron chi connectivity index (χ1n) is 8.75. The number of phenols is 1. The maximum atomic E-state index is 12.3. The number of fused-ring (bicyclic) bond motifs is 5. The number of benzene rings is 1. The van der Waals surface area contributed by atoms with Gasteiger partial charge in [-0.1, -0.05) is 6.92 Å². The van der Waals surface area contributed by atoms with Crippen molar-refractivity contribution in [1.82, 2.24) is 0 Å². The molecule has 0 radical (unpaired) electrons. The van der Waals surface area contributed by atoms with Gasteiger partial charge in [-0.05, 0) is 73.1 Å². The number of carbonyl (C=O) groups excluding carboxylic acids is 1. The summed E-state index contributed by atoms with van der Waals surface area (Å²) in [7, 11) is -4.67. The molecule has 4 atom stereocenters. The summed E-state index contributed by atoms with van der Waals surface area (Å²) in [6, 6.07) is 3.09. The first-order valence-corrected chi connectivity index (χ1v) is 10.1. The summed E-state index contributed by atoms with van der Waals surface area (Å²) in [5, 5.41) is 10.1. The highest BCUT2D eigenvalue weighted by molar-refractivity contribution is 7.81. The summed E-state index contributed by atoms with van der Waals surface area (Å²) in [4.78, 5) is 12.3. The molecule has 0 unspecified atom stereocenters. The molecule has 136 valence electrons. The van der Waals surface area contributed by atoms with Gasteiger partial charge in [-0.25, -0.2) is 0 Å². The van der Waals surface area contributed by atoms with E-state index in [-0.39, 0.29) is 22.8 Å². The van der Waals surface area contributed by atoms with Crippen LogP contribution >= 0.6 is 0 Å². The lowest BCUT2D eigenvalue weighted by Gasteiger charge is -2.48. The number of Topliss-reactive ketones (excluding diaryl/α,β-unsaturated/α-hetero) is 1. The minimum Gasteiger partial charge on any atom is -0.504 e. The van der Waals surface area contributed by atoms with Gasteiger partial charge in [0.2, 0.25) is 0 Å². The first-order chi connectivity index (χ1) is 11.7. The van der Waals surface area contributed by atoms with Crippen LogP contribution < -0.4 is 4.18 Å². The predicted octanol–water partition coefficient (Wildman–Crippen LogP) is 3.00. The summed E-state index contributed by atoms with van der Waals surface area (Å²) in [5.74, 6) is 0.956. The zero-order chi connectivity index (χ0) is 18.0. The number of aromatic hydroxyl groups is 1. The molecular weight excluding hydrogens is 344 g/mol. The monoisotopic (exact) mass is 366 g/mol. The second-order valence-electron chi connectivity index (χ2n) is 7.86. The van der Waals surface area contributed by atoms with Crippen molar-refractivity contribution in [3.63, 3.8) is 0 Å². The smallest absolute Gasteiger partial charge is 0.446 e. The SMILES string of the molecule is C[C@]12CC[C@@H]3c4cc(O)c(OS(=O)(=O)O)cc4CC[C@H]3[C@@H]1CCC2=O. The molecular formula is C18H22O6S. The molecule has 0 heterocycles. The van der Waals surface area contributed by atoms with Gasteiger partial charge in [-0.3, -0.25) is 9.35 Å². The van der Waals surface area contributed by atoms with Crippen molar-refractivity contribution in [1.29, 1.82) is 0 Å². The first kappa shape index (κ1) is 16.8. The van der Waals surface area contributed by atoms with Crippen molar-refractivity contribution < 1.29 is 27.1 Å². The minimum absolute atomic E-state index is 0.200. The average Bonchev–Trinajstić information content (AvgIpc) is 2.82. The molecule has 2 N–H and O–H groups in total. The van der Waals surface area contributed by atoms with E-state index in [0.717, 1.165) is 43.2 Å². The summed E-state index contributed by atoms with van der Waals surface area (Å²) in [6.07, 6.45) is 5.07. The molecule has 1 aromatic rings. The zero-order valence-electron chi connectivity index (χ0n) is 14.1. The van der Waals surface area contributed by atoms with E-state index in [4.69, 9.17) is 4.55 Å². The van der Waals surface area contributed by atoms with E-state index in [9.17, 15) is 18.3 Å². The molecule has 3 aliphatic rings. The molecule has 0 bridgehead atoms. The van der Waals surface area contributed by atoms with E-state index in [2.05, 4.69) is 11.1 Å². The number of rotatable bonds is 2. The third-order valence-corrected chi connectivity index (χ3v) is 7.10. The summed E-state index contributed by atoms with van der Waals surface area (Å²) in [6.45, 7) is 2.11. The fraction of sp³-hybridized carbons (Fsp3) is 0.611. The Kier molecular flexibility index (Phi) is 3.67. The average molecular weight is 366 g/mol. The number of hydrogen-bond acceptors (Lipinski definition) is 5. The third kappa shape index (κ3) is 2.64. The maximum Gasteiger partial charge on any atom is 0.446 e. The topological polar surface area (TPSA) is 101 Å². The van der Waals surface area contributed by atoms with E-state index < -0.39 is 10.4 Å². The Labute approximate surface area is 147 Å². The van der Waals surface area contributed by atoms with Crippen LogP contribution in [-0.2, 0) is 21.6 Å². The molecule has 4 rings (SSSR count). The standard InChI is InChI=1S/C18H22O6S/c1-18-7-6-11-12(14(18)4-5-17(18)20)3-2-10-8-16(24-25(21,22)23)15(19)9-13(10)11/h8-9,11-12,14,19H,2-7H2,1H3,(H,21,22,23)/t11-,12+,14-,18-/m0/s1. The highest BCUT2D eigenvalue weighted by Crippen LogP contribution is 2.60. The lowest BCUT2D eigenvalue weighted by molar-refractivity contribution is -0.129. The summed E-state index contributed by atoms with van der Waals surface area (Å²) < 4.78 is 35.2. The van der Waals surface area contributed by atoms with Gasteiger partial charge in [0.05, 0.1) is 0 Å². The summed E-state index contributed by atoms with van der Waals surface area (Å²) >= 11 is 0. The Morgan fingerprint density at radius 3 is 2.68 bits per heavy atom. The predicted molar refractivity (Wildman–Crippen MR) is 89.9 cm³/mol. The molecule has 25 heavy (non-hydrogen) atoms. The van der Waals surface area contributed by atoms with Gasteiger partial charge in [-0.2, -0.15) is 8.42 Å². The summed E-state index contributed by atoms with van der Waals surface area (Å²) in [5.41, 5.74) is 1.78. The van der Waals surface area contributed by atoms with Gasteiger partial charge < -0.3 is 9.29 Å². The Balaban J connectivity index is 1.69. The molecule has 0 spiro atoms. The molecule has 0 amide bonds. The van der Waals surface area contributed by atoms with Gasteiger partial charge in [0, 0.05) is 11.8 Å². The van der Waals surface area contributed by atoms with Crippen LogP contribution in [0.15, 0.2) is 12.1 Å². The normalized spacial score (nSPS) is 34.2. The zero-order valence-corrected chi connectivity index (χ0v) is 14.9. The maximum absolute atomic E-state index is 12.3. The lowest BCUT2D eigenvalue weighted by Crippen LogP contribution is -2.42. The molecule has 0 saturated heterocycles. The molecule has 7 heteroatoms. The van der Waals surface area contributed by atoms with Gasteiger partial charge in [0.25, 0.3) is 0 Å². The van der Waals surface area contributed by atoms with Crippen LogP contribution in [0, 0.1) is 17.3 Å². The molecule has 6 nitrogen and oxygen atoms in total. The van der Waals surface area contributed by atoms with Gasteiger partial charge in [-0.15, -0.1) is 0 Å². The van der Waals surface area contributed by atoms with Crippen LogP contribution in [0.25, 0.3) is 0 Å². The second-order valence-corrected chi connectivity index (χ2v) is 8.89. The molecule has 1 aromatic carbocycles. The quantitative estimate of drug-likeness (QED) is 0.780. The molecule has 3 aliphatic carbocycles. The number of aryl methyl sites for hydroxylation is 1. The molecule has 2 fully saturated rings. The van der Waals surface area contributed by atoms with E-state index in [1.165, 1.54) is 6.07 Å². The van der Waals surface area contributed by atoms with Crippen molar-refractivity contribution in [2.45, 2.75) is 51.4 Å². The van der Waals surface area contributed by atoms with Crippen molar-refractivity contribution in [3.8, 4) is 11.5 Å². The fourth-order valence-electron chi connectivity index (χ4n) is 5.54. The molecule has 0 aliphatic heterocycles. The van der Waals surface area contributed by atoms with Crippen LogP contribution in [0.2, 0.25) is 0 Å². The highest BCUT2D eigenvalue weighted by Gasteiger charge is 2.54. The van der Waals surface area contributed by atoms with Crippen molar-refractivity contribution in [2.75, 3.05) is 0 Å². The molecule has 0 aromatic heterocycles. The number of hydrogen-bond donors (Lipinski definition) is 2. The Morgan fingerprint density at radius 2 is 1.96 bits per heavy atom. The van der Waals surface area contributed by atoms with Crippen LogP contribution in [0.3, 0.4) is 0 Å². The van der Waals surface area contributed by atoms with E-state index in [0.29, 0.717) is 24.0 Å². The Hall–Kier alpha value is -1.60. The van der Waals surface area contributed by atoms with Crippen LogP contribution in [-0.4, -0.2) is 23.9 Å². The number of carbonyl (C=O) groups is 1. The van der Waals surface area contributed by atoms with Crippen LogP contribution in [0.4, 0.5) is 0 Å². The number of phenolic OH excluding ortho intramolecular Hbond substituents is 1. The fourth-order valence-corrected chi connectivity index (χ4v) is 5.90. The van der Waals surface area contributed by atoms with Crippen molar-refractivity contribution in [2.24, 2.45) is 17.3 Å². The highest BCUT2D eigenvalue weighted by atomic mass is 32.3. The molecule has 2 saturated carbocycles. The van der Waals surface area contributed by atoms with E-state index in [1.54, 1.807) is 6.07 Å². The van der Waals surface area contributed by atoms with Crippen LogP contribution in [0.1, 0.15) is 56.1 Å². The van der Waals surface area contributed by atoms with Crippen molar-refractivity contribution >= 4 is 16.2 Å². The minimum atomic E-state index is -4.67. The second kappa shape index (κ2) is 5.45. The third-order valence-electron chi connectivity index (χ3n) is 6.71. The Bertz CT molecular complexity index is 845. The van der Waals surface area contributed by atoms with E-state index >= 15 is 0 Å². The van der Waals surface area contributed by atoms with E-state index in [1.807, 2.05) is 0 Å². The van der Waals surface area contributed by atoms with Gasteiger partial charge in [0.1, 0.15) is 5.78 Å². The van der Waals surface area contributed by atoms with Gasteiger partial charge >= 0.3 is 10.4 Å². The Morgan fingerprint density at radius 1 is 1.20 bits per heavy atom. The van der Waals surface area contributed by atoms with Crippen LogP contribution in [0.5, 0.6) is 11.5 Å². The lowest BCUT2D eigenvalue weighted by atomic mass is 9.55. The number of ketones is 1.